The van der Waals surface area contributed by atoms with Crippen molar-refractivity contribution < 1.29 is 19.7 Å². The van der Waals surface area contributed by atoms with Crippen molar-refractivity contribution in [3.8, 4) is 17.2 Å². The summed E-state index contributed by atoms with van der Waals surface area (Å²) < 4.78 is 5.13. The average Bonchev–Trinajstić information content (AvgIpc) is 2.64. The standard InChI is InChI=1S/C20H20N2O5/c23-16-4-2-1-3-15(16)22-7-5-21(6-8-22)12-13-9-20(26)27-19-11-18(25)17(24)10-14(13)19/h1-4,9-11,23-25H,5-8,12H2. The van der Waals surface area contributed by atoms with E-state index in [4.69, 9.17) is 4.42 Å². The second-order valence-electron chi connectivity index (χ2n) is 6.68. The van der Waals surface area contributed by atoms with Gasteiger partial charge in [0.2, 0.25) is 0 Å². The lowest BCUT2D eigenvalue weighted by Gasteiger charge is -2.36. The maximum Gasteiger partial charge on any atom is 0.336 e. The van der Waals surface area contributed by atoms with Gasteiger partial charge in [0.15, 0.2) is 11.5 Å². The van der Waals surface area contributed by atoms with Crippen LogP contribution in [0.2, 0.25) is 0 Å². The predicted molar refractivity (Wildman–Crippen MR) is 101 cm³/mol. The summed E-state index contributed by atoms with van der Waals surface area (Å²) in [5, 5.41) is 30.0. The van der Waals surface area contributed by atoms with Gasteiger partial charge in [-0.25, -0.2) is 4.79 Å². The first-order valence-electron chi connectivity index (χ1n) is 8.75. The Hall–Kier alpha value is -3.19. The fourth-order valence-corrected chi connectivity index (χ4v) is 3.50. The van der Waals surface area contributed by atoms with Gasteiger partial charge in [-0.15, -0.1) is 0 Å². The quantitative estimate of drug-likeness (QED) is 0.482. The van der Waals surface area contributed by atoms with E-state index in [2.05, 4.69) is 9.80 Å². The van der Waals surface area contributed by atoms with Crippen LogP contribution in [0.5, 0.6) is 17.2 Å². The van der Waals surface area contributed by atoms with E-state index in [9.17, 15) is 20.1 Å². The number of fused-ring (bicyclic) bond motifs is 1. The molecule has 2 aromatic carbocycles. The second-order valence-corrected chi connectivity index (χ2v) is 6.68. The van der Waals surface area contributed by atoms with E-state index in [0.717, 1.165) is 37.4 Å². The van der Waals surface area contributed by atoms with Gasteiger partial charge in [0.25, 0.3) is 0 Å². The average molecular weight is 368 g/mol. The molecule has 140 valence electrons. The minimum Gasteiger partial charge on any atom is -0.506 e. The minimum atomic E-state index is -0.490. The van der Waals surface area contributed by atoms with Crippen molar-refractivity contribution in [1.82, 2.24) is 4.90 Å². The van der Waals surface area contributed by atoms with Gasteiger partial charge in [0.05, 0.1) is 5.69 Å². The van der Waals surface area contributed by atoms with Crippen LogP contribution in [-0.2, 0) is 6.54 Å². The second kappa shape index (κ2) is 6.85. The van der Waals surface area contributed by atoms with Crippen molar-refractivity contribution in [2.45, 2.75) is 6.54 Å². The summed E-state index contributed by atoms with van der Waals surface area (Å²) in [6, 6.07) is 11.4. The third-order valence-corrected chi connectivity index (χ3v) is 4.91. The Kier molecular flexibility index (Phi) is 4.37. The first kappa shape index (κ1) is 17.2. The lowest BCUT2D eigenvalue weighted by Crippen LogP contribution is -2.46. The molecule has 7 heteroatoms. The fraction of sp³-hybridized carbons (Fsp3) is 0.250. The summed E-state index contributed by atoms with van der Waals surface area (Å²) in [5.41, 5.74) is 1.33. The number of phenolic OH excluding ortho intramolecular Hbond substituents is 3. The topological polar surface area (TPSA) is 97.4 Å². The molecule has 0 atom stereocenters. The Morgan fingerprint density at radius 3 is 2.33 bits per heavy atom. The van der Waals surface area contributed by atoms with Crippen molar-refractivity contribution in [2.75, 3.05) is 31.1 Å². The van der Waals surface area contributed by atoms with Gasteiger partial charge in [-0.2, -0.15) is 0 Å². The number of anilines is 1. The molecule has 0 saturated carbocycles. The van der Waals surface area contributed by atoms with Gasteiger partial charge >= 0.3 is 5.63 Å². The number of benzene rings is 2. The largest absolute Gasteiger partial charge is 0.506 e. The number of aromatic hydroxyl groups is 3. The molecular formula is C20H20N2O5. The highest BCUT2D eigenvalue weighted by atomic mass is 16.4. The SMILES string of the molecule is O=c1cc(CN2CCN(c3ccccc3O)CC2)c2cc(O)c(O)cc2o1. The molecule has 7 nitrogen and oxygen atoms in total. The molecule has 3 aromatic rings. The first-order valence-corrected chi connectivity index (χ1v) is 8.75. The lowest BCUT2D eigenvalue weighted by molar-refractivity contribution is 0.249. The number of nitrogens with zero attached hydrogens (tertiary/aromatic N) is 2. The molecule has 27 heavy (non-hydrogen) atoms. The van der Waals surface area contributed by atoms with Crippen molar-refractivity contribution in [1.29, 1.82) is 0 Å². The van der Waals surface area contributed by atoms with Crippen molar-refractivity contribution in [2.24, 2.45) is 0 Å². The fourth-order valence-electron chi connectivity index (χ4n) is 3.50. The maximum atomic E-state index is 11.9. The van der Waals surface area contributed by atoms with E-state index in [0.29, 0.717) is 11.9 Å². The van der Waals surface area contributed by atoms with Gasteiger partial charge in [-0.1, -0.05) is 12.1 Å². The third kappa shape index (κ3) is 3.41. The molecule has 2 heterocycles. The number of piperazine rings is 1. The van der Waals surface area contributed by atoms with Crippen LogP contribution in [0.15, 0.2) is 51.7 Å². The first-order chi connectivity index (χ1) is 13.0. The van der Waals surface area contributed by atoms with Crippen molar-refractivity contribution in [3.63, 3.8) is 0 Å². The maximum absolute atomic E-state index is 11.9. The Morgan fingerprint density at radius 1 is 0.889 bits per heavy atom. The van der Waals surface area contributed by atoms with E-state index in [1.807, 2.05) is 12.1 Å². The zero-order valence-electron chi connectivity index (χ0n) is 14.6. The highest BCUT2D eigenvalue weighted by molar-refractivity contribution is 5.83. The number of hydrogen-bond donors (Lipinski definition) is 3. The van der Waals surface area contributed by atoms with Crippen LogP contribution in [0.4, 0.5) is 5.69 Å². The Bertz CT molecular complexity index is 1040. The van der Waals surface area contributed by atoms with Crippen LogP contribution in [0.25, 0.3) is 11.0 Å². The molecule has 1 aliphatic rings. The van der Waals surface area contributed by atoms with E-state index < -0.39 is 5.63 Å². The minimum absolute atomic E-state index is 0.248. The van der Waals surface area contributed by atoms with E-state index >= 15 is 0 Å². The third-order valence-electron chi connectivity index (χ3n) is 4.91. The summed E-state index contributed by atoms with van der Waals surface area (Å²) in [4.78, 5) is 16.2. The summed E-state index contributed by atoms with van der Waals surface area (Å²) in [5.74, 6) is -0.297. The molecule has 1 aromatic heterocycles. The van der Waals surface area contributed by atoms with Crippen LogP contribution >= 0.6 is 0 Å². The zero-order valence-corrected chi connectivity index (χ0v) is 14.6. The van der Waals surface area contributed by atoms with Crippen LogP contribution in [0.3, 0.4) is 0 Å². The van der Waals surface area contributed by atoms with Crippen LogP contribution in [0, 0.1) is 0 Å². The van der Waals surface area contributed by atoms with Crippen LogP contribution in [-0.4, -0.2) is 46.4 Å². The number of para-hydroxylation sites is 2. The summed E-state index contributed by atoms with van der Waals surface area (Å²) >= 11 is 0. The van der Waals surface area contributed by atoms with Crippen molar-refractivity contribution in [3.05, 3.63) is 58.4 Å². The summed E-state index contributed by atoms with van der Waals surface area (Å²) in [6.45, 7) is 3.56. The van der Waals surface area contributed by atoms with Gasteiger partial charge in [0.1, 0.15) is 11.3 Å². The van der Waals surface area contributed by atoms with E-state index in [1.165, 1.54) is 18.2 Å². The predicted octanol–water partition coefficient (Wildman–Crippen LogP) is 2.23. The summed E-state index contributed by atoms with van der Waals surface area (Å²) in [6.07, 6.45) is 0. The lowest BCUT2D eigenvalue weighted by atomic mass is 10.1. The molecule has 0 aliphatic carbocycles. The number of rotatable bonds is 3. The Labute approximate surface area is 155 Å². The molecule has 3 N–H and O–H groups in total. The monoisotopic (exact) mass is 368 g/mol. The van der Waals surface area contributed by atoms with E-state index in [1.54, 1.807) is 12.1 Å². The zero-order chi connectivity index (χ0) is 19.0. The van der Waals surface area contributed by atoms with Gasteiger partial charge < -0.3 is 24.6 Å². The highest BCUT2D eigenvalue weighted by Crippen LogP contribution is 2.32. The molecule has 0 spiro atoms. The van der Waals surface area contributed by atoms with Gasteiger partial charge in [0, 0.05) is 50.2 Å². The molecule has 0 bridgehead atoms. The molecule has 0 radical (unpaired) electrons. The molecule has 0 unspecified atom stereocenters. The highest BCUT2D eigenvalue weighted by Gasteiger charge is 2.20. The van der Waals surface area contributed by atoms with Crippen molar-refractivity contribution >= 4 is 16.7 Å². The molecule has 0 amide bonds. The smallest absolute Gasteiger partial charge is 0.336 e. The van der Waals surface area contributed by atoms with Gasteiger partial charge in [-0.05, 0) is 23.8 Å². The molecule has 4 rings (SSSR count). The normalized spacial score (nSPS) is 15.3. The molecule has 1 fully saturated rings. The van der Waals surface area contributed by atoms with Gasteiger partial charge in [-0.3, -0.25) is 4.90 Å². The molecular weight excluding hydrogens is 348 g/mol. The number of phenols is 3. The van der Waals surface area contributed by atoms with Crippen LogP contribution < -0.4 is 10.5 Å². The summed E-state index contributed by atoms with van der Waals surface area (Å²) in [7, 11) is 0. The molecule has 1 aliphatic heterocycles. The molecule has 1 saturated heterocycles. The Morgan fingerprint density at radius 2 is 1.59 bits per heavy atom. The van der Waals surface area contributed by atoms with E-state index in [-0.39, 0.29) is 22.8 Å². The van der Waals surface area contributed by atoms with Crippen LogP contribution in [0.1, 0.15) is 5.56 Å². The number of hydrogen-bond acceptors (Lipinski definition) is 7. The Balaban J connectivity index is 1.53.